The summed E-state index contributed by atoms with van der Waals surface area (Å²) in [7, 11) is 0. The summed E-state index contributed by atoms with van der Waals surface area (Å²) in [5, 5.41) is 14.0. The van der Waals surface area contributed by atoms with Gasteiger partial charge in [0.1, 0.15) is 5.60 Å². The number of nitrogens with zero attached hydrogens (tertiary/aromatic N) is 1. The Morgan fingerprint density at radius 3 is 2.58 bits per heavy atom. The number of anilines is 1. The third kappa shape index (κ3) is 4.08. The quantitative estimate of drug-likeness (QED) is 0.391. The molecular weight excluding hydrogens is 413 g/mol. The first-order valence-corrected chi connectivity index (χ1v) is 7.92. The third-order valence-corrected chi connectivity index (χ3v) is 4.33. The van der Waals surface area contributed by atoms with E-state index in [0.29, 0.717) is 12.4 Å². The molecule has 0 spiro atoms. The lowest BCUT2D eigenvalue weighted by molar-refractivity contribution is 0.0487. The fourth-order valence-corrected chi connectivity index (χ4v) is 3.28. The molecule has 4 N–H and O–H groups in total. The molecule has 1 atom stereocenters. The fourth-order valence-electron chi connectivity index (χ4n) is 3.28. The molecule has 1 aliphatic rings. The van der Waals surface area contributed by atoms with E-state index in [2.05, 4.69) is 22.4 Å². The number of fused-ring (bicyclic) bond motifs is 1. The Morgan fingerprint density at radius 1 is 1.21 bits per heavy atom. The number of hydrogen-bond acceptors (Lipinski definition) is 2. The van der Waals surface area contributed by atoms with Gasteiger partial charge in [0.05, 0.1) is 6.54 Å². The molecule has 0 fully saturated rings. The monoisotopic (exact) mass is 437 g/mol. The highest BCUT2D eigenvalue weighted by molar-refractivity contribution is 14.0. The van der Waals surface area contributed by atoms with Gasteiger partial charge in [-0.3, -0.25) is 0 Å². The number of aliphatic hydroxyl groups is 1. The molecule has 1 unspecified atom stereocenters. The molecule has 3 rings (SSSR count). The van der Waals surface area contributed by atoms with Crippen LogP contribution in [0.4, 0.5) is 5.69 Å². The van der Waals surface area contributed by atoms with Gasteiger partial charge in [0.15, 0.2) is 5.96 Å². The normalized spacial score (nSPS) is 19.5. The lowest BCUT2D eigenvalue weighted by Crippen LogP contribution is -2.30. The maximum absolute atomic E-state index is 10.9. The van der Waals surface area contributed by atoms with Crippen LogP contribution in [0.15, 0.2) is 47.5 Å². The molecule has 1 aliphatic carbocycles. The van der Waals surface area contributed by atoms with Crippen molar-refractivity contribution in [1.82, 2.24) is 0 Å². The average Bonchev–Trinajstić information content (AvgIpc) is 2.83. The van der Waals surface area contributed by atoms with Crippen molar-refractivity contribution in [2.24, 2.45) is 10.7 Å². The van der Waals surface area contributed by atoms with Gasteiger partial charge in [-0.05, 0) is 61.1 Å². The number of aliphatic imine (C=N–C) groups is 1. The standard InChI is InChI=1S/C19H23N3O.HI/c1-13-9-14(2)11-16(10-13)22-18(20)21-12-19(23)8-7-15-5-3-4-6-17(15)19;/h3-6,9-11,23H,7-8,12H2,1-2H3,(H3,20,21,22);1H. The van der Waals surface area contributed by atoms with Crippen LogP contribution in [-0.2, 0) is 12.0 Å². The zero-order valence-corrected chi connectivity index (χ0v) is 16.4. The van der Waals surface area contributed by atoms with Crippen molar-refractivity contribution in [2.75, 3.05) is 11.9 Å². The van der Waals surface area contributed by atoms with Gasteiger partial charge in [0.25, 0.3) is 0 Å². The molecule has 0 heterocycles. The second kappa shape index (κ2) is 7.53. The van der Waals surface area contributed by atoms with Gasteiger partial charge in [-0.15, -0.1) is 24.0 Å². The summed E-state index contributed by atoms with van der Waals surface area (Å²) in [5.41, 5.74) is 10.5. The van der Waals surface area contributed by atoms with Crippen molar-refractivity contribution < 1.29 is 5.11 Å². The predicted octanol–water partition coefficient (Wildman–Crippen LogP) is 3.48. The zero-order chi connectivity index (χ0) is 16.4. The number of nitrogens with one attached hydrogen (secondary N) is 1. The molecule has 24 heavy (non-hydrogen) atoms. The summed E-state index contributed by atoms with van der Waals surface area (Å²) in [4.78, 5) is 4.36. The van der Waals surface area contributed by atoms with Crippen LogP contribution in [-0.4, -0.2) is 17.6 Å². The maximum Gasteiger partial charge on any atom is 0.193 e. The Kier molecular flexibility index (Phi) is 5.87. The fraction of sp³-hybridized carbons (Fsp3) is 0.316. The van der Waals surface area contributed by atoms with E-state index >= 15 is 0 Å². The highest BCUT2D eigenvalue weighted by atomic mass is 127. The number of rotatable bonds is 3. The summed E-state index contributed by atoms with van der Waals surface area (Å²) < 4.78 is 0. The Bertz CT molecular complexity index is 740. The maximum atomic E-state index is 10.9. The predicted molar refractivity (Wildman–Crippen MR) is 110 cm³/mol. The van der Waals surface area contributed by atoms with E-state index in [1.165, 1.54) is 16.7 Å². The highest BCUT2D eigenvalue weighted by Gasteiger charge is 2.36. The molecule has 0 aliphatic heterocycles. The first-order valence-electron chi connectivity index (χ1n) is 7.92. The molecule has 4 nitrogen and oxygen atoms in total. The second-order valence-electron chi connectivity index (χ2n) is 6.39. The van der Waals surface area contributed by atoms with Crippen molar-refractivity contribution >= 4 is 35.6 Å². The van der Waals surface area contributed by atoms with E-state index in [1.807, 2.05) is 44.2 Å². The van der Waals surface area contributed by atoms with E-state index < -0.39 is 5.60 Å². The van der Waals surface area contributed by atoms with Crippen molar-refractivity contribution in [1.29, 1.82) is 0 Å². The molecule has 0 bridgehead atoms. The summed E-state index contributed by atoms with van der Waals surface area (Å²) in [5.74, 6) is 0.327. The number of nitrogens with two attached hydrogens (primary N) is 1. The molecule has 0 aromatic heterocycles. The van der Waals surface area contributed by atoms with Crippen LogP contribution in [0, 0.1) is 13.8 Å². The smallest absolute Gasteiger partial charge is 0.193 e. The van der Waals surface area contributed by atoms with E-state index in [0.717, 1.165) is 17.7 Å². The number of hydrogen-bond donors (Lipinski definition) is 3. The van der Waals surface area contributed by atoms with Crippen LogP contribution in [0.1, 0.15) is 28.7 Å². The Labute approximate surface area is 160 Å². The summed E-state index contributed by atoms with van der Waals surface area (Å²) >= 11 is 0. The third-order valence-electron chi connectivity index (χ3n) is 4.33. The summed E-state index contributed by atoms with van der Waals surface area (Å²) in [6, 6.07) is 14.2. The van der Waals surface area contributed by atoms with Crippen LogP contribution in [0.3, 0.4) is 0 Å². The van der Waals surface area contributed by atoms with Crippen LogP contribution in [0.25, 0.3) is 0 Å². The van der Waals surface area contributed by atoms with Crippen LogP contribution in [0.5, 0.6) is 0 Å². The van der Waals surface area contributed by atoms with E-state index in [-0.39, 0.29) is 30.5 Å². The van der Waals surface area contributed by atoms with E-state index in [1.54, 1.807) is 0 Å². The SMILES string of the molecule is Cc1cc(C)cc(NC(N)=NCC2(O)CCc3ccccc32)c1.I. The summed E-state index contributed by atoms with van der Waals surface area (Å²) in [6.45, 7) is 4.36. The van der Waals surface area contributed by atoms with Gasteiger partial charge in [-0.2, -0.15) is 0 Å². The second-order valence-corrected chi connectivity index (χ2v) is 6.39. The molecule has 0 radical (unpaired) electrons. The lowest BCUT2D eigenvalue weighted by Gasteiger charge is -2.22. The van der Waals surface area contributed by atoms with Gasteiger partial charge in [0.2, 0.25) is 0 Å². The Balaban J connectivity index is 0.00000208. The molecule has 0 amide bonds. The van der Waals surface area contributed by atoms with Gasteiger partial charge < -0.3 is 16.2 Å². The van der Waals surface area contributed by atoms with Crippen LogP contribution >= 0.6 is 24.0 Å². The van der Waals surface area contributed by atoms with Gasteiger partial charge in [-0.1, -0.05) is 30.3 Å². The molecular formula is C19H24IN3O. The van der Waals surface area contributed by atoms with Crippen molar-refractivity contribution in [3.8, 4) is 0 Å². The van der Waals surface area contributed by atoms with Crippen LogP contribution < -0.4 is 11.1 Å². The first kappa shape index (κ1) is 18.7. The molecule has 2 aromatic carbocycles. The topological polar surface area (TPSA) is 70.6 Å². The van der Waals surface area contributed by atoms with Gasteiger partial charge in [-0.25, -0.2) is 4.99 Å². The van der Waals surface area contributed by atoms with Gasteiger partial charge in [0, 0.05) is 5.69 Å². The minimum absolute atomic E-state index is 0. The van der Waals surface area contributed by atoms with Crippen LogP contribution in [0.2, 0.25) is 0 Å². The largest absolute Gasteiger partial charge is 0.383 e. The minimum atomic E-state index is -0.911. The zero-order valence-electron chi connectivity index (χ0n) is 14.0. The molecule has 0 saturated carbocycles. The summed E-state index contributed by atoms with van der Waals surface area (Å²) in [6.07, 6.45) is 1.57. The number of halogens is 1. The van der Waals surface area contributed by atoms with Gasteiger partial charge >= 0.3 is 0 Å². The molecule has 0 saturated heterocycles. The Hall–Kier alpha value is -1.60. The van der Waals surface area contributed by atoms with Crippen molar-refractivity contribution in [2.45, 2.75) is 32.3 Å². The average molecular weight is 437 g/mol. The number of benzene rings is 2. The Morgan fingerprint density at radius 2 is 1.88 bits per heavy atom. The molecule has 128 valence electrons. The van der Waals surface area contributed by atoms with E-state index in [9.17, 15) is 5.11 Å². The lowest BCUT2D eigenvalue weighted by atomic mass is 9.96. The number of aryl methyl sites for hydroxylation is 3. The van der Waals surface area contributed by atoms with Crippen molar-refractivity contribution in [3.05, 3.63) is 64.7 Å². The van der Waals surface area contributed by atoms with E-state index in [4.69, 9.17) is 5.73 Å². The first-order chi connectivity index (χ1) is 11.0. The van der Waals surface area contributed by atoms with Crippen molar-refractivity contribution in [3.63, 3.8) is 0 Å². The number of guanidine groups is 1. The highest BCUT2D eigenvalue weighted by Crippen LogP contribution is 2.36. The molecule has 2 aromatic rings. The molecule has 5 heteroatoms. The minimum Gasteiger partial charge on any atom is -0.383 e.